The van der Waals surface area contributed by atoms with Crippen molar-refractivity contribution in [2.75, 3.05) is 13.2 Å². The minimum Gasteiger partial charge on any atom is -0.378 e. The van der Waals surface area contributed by atoms with Crippen molar-refractivity contribution in [1.82, 2.24) is 15.1 Å². The molecule has 0 aliphatic carbocycles. The highest BCUT2D eigenvalue weighted by Crippen LogP contribution is 2.21. The molecule has 0 bridgehead atoms. The zero-order valence-electron chi connectivity index (χ0n) is 12.5. The molecule has 2 atom stereocenters. The van der Waals surface area contributed by atoms with Crippen LogP contribution in [0, 0.1) is 0 Å². The van der Waals surface area contributed by atoms with Gasteiger partial charge in [-0.15, -0.1) is 0 Å². The number of benzene rings is 1. The second kappa shape index (κ2) is 6.87. The van der Waals surface area contributed by atoms with Crippen LogP contribution in [0.1, 0.15) is 37.8 Å². The molecule has 1 saturated heterocycles. The van der Waals surface area contributed by atoms with Crippen molar-refractivity contribution in [3.63, 3.8) is 0 Å². The maximum absolute atomic E-state index is 5.67. The molecular formula is C17H23N3O. The number of para-hydroxylation sites is 1. The van der Waals surface area contributed by atoms with Crippen LogP contribution >= 0.6 is 0 Å². The number of rotatable bonds is 6. The number of nitrogens with one attached hydrogen (secondary N) is 1. The summed E-state index contributed by atoms with van der Waals surface area (Å²) in [6, 6.07) is 10.7. The van der Waals surface area contributed by atoms with E-state index in [0.29, 0.717) is 12.1 Å². The summed E-state index contributed by atoms with van der Waals surface area (Å²) >= 11 is 0. The number of aromatic nitrogens is 2. The van der Waals surface area contributed by atoms with Crippen molar-refractivity contribution in [3.8, 4) is 5.69 Å². The molecule has 0 radical (unpaired) electrons. The van der Waals surface area contributed by atoms with E-state index in [1.165, 1.54) is 18.4 Å². The zero-order valence-corrected chi connectivity index (χ0v) is 12.5. The van der Waals surface area contributed by atoms with Gasteiger partial charge in [0, 0.05) is 25.0 Å². The molecule has 112 valence electrons. The van der Waals surface area contributed by atoms with E-state index in [0.717, 1.165) is 25.3 Å². The summed E-state index contributed by atoms with van der Waals surface area (Å²) in [6.45, 7) is 4.12. The molecule has 4 heteroatoms. The molecule has 4 nitrogen and oxygen atoms in total. The number of ether oxygens (including phenoxy) is 1. The molecule has 0 spiro atoms. The third-order valence-electron chi connectivity index (χ3n) is 4.10. The van der Waals surface area contributed by atoms with Gasteiger partial charge in [-0.05, 0) is 50.4 Å². The van der Waals surface area contributed by atoms with E-state index >= 15 is 0 Å². The highest BCUT2D eigenvalue weighted by molar-refractivity contribution is 5.42. The van der Waals surface area contributed by atoms with Crippen LogP contribution in [-0.4, -0.2) is 29.0 Å². The highest BCUT2D eigenvalue weighted by atomic mass is 16.5. The molecule has 21 heavy (non-hydrogen) atoms. The lowest BCUT2D eigenvalue weighted by Gasteiger charge is -2.19. The van der Waals surface area contributed by atoms with Gasteiger partial charge in [-0.2, -0.15) is 5.10 Å². The van der Waals surface area contributed by atoms with Crippen molar-refractivity contribution in [1.29, 1.82) is 0 Å². The summed E-state index contributed by atoms with van der Waals surface area (Å²) in [6.07, 6.45) is 7.76. The van der Waals surface area contributed by atoms with Gasteiger partial charge in [0.15, 0.2) is 0 Å². The van der Waals surface area contributed by atoms with Crippen LogP contribution in [0.3, 0.4) is 0 Å². The Morgan fingerprint density at radius 1 is 1.38 bits per heavy atom. The molecule has 2 aromatic rings. The lowest BCUT2D eigenvalue weighted by atomic mass is 10.1. The molecule has 2 heterocycles. The zero-order chi connectivity index (χ0) is 14.5. The monoisotopic (exact) mass is 285 g/mol. The lowest BCUT2D eigenvalue weighted by Crippen LogP contribution is -2.24. The maximum atomic E-state index is 5.67. The standard InChI is InChI=1S/C17H23N3O/c1-14(18-11-9-15-6-4-13-21-15)16-7-2-3-8-17(16)20-12-5-10-19-20/h2-3,5,7-8,10,12,14-15,18H,4,6,9,11,13H2,1H3/t14-,15-/m1/s1. The van der Waals surface area contributed by atoms with E-state index in [4.69, 9.17) is 4.74 Å². The van der Waals surface area contributed by atoms with Gasteiger partial charge >= 0.3 is 0 Å². The molecule has 1 fully saturated rings. The third kappa shape index (κ3) is 3.52. The molecule has 1 aromatic carbocycles. The van der Waals surface area contributed by atoms with E-state index in [9.17, 15) is 0 Å². The fourth-order valence-corrected chi connectivity index (χ4v) is 2.92. The average Bonchev–Trinajstić information content (AvgIpc) is 3.20. The van der Waals surface area contributed by atoms with Crippen molar-refractivity contribution in [2.24, 2.45) is 0 Å². The van der Waals surface area contributed by atoms with E-state index in [1.807, 2.05) is 23.1 Å². The summed E-state index contributed by atoms with van der Waals surface area (Å²) in [5.74, 6) is 0. The summed E-state index contributed by atoms with van der Waals surface area (Å²) < 4.78 is 7.59. The normalized spacial score (nSPS) is 19.8. The molecule has 1 aromatic heterocycles. The first-order valence-corrected chi connectivity index (χ1v) is 7.78. The van der Waals surface area contributed by atoms with Gasteiger partial charge in [0.1, 0.15) is 0 Å². The minimum absolute atomic E-state index is 0.298. The van der Waals surface area contributed by atoms with Crippen molar-refractivity contribution < 1.29 is 4.74 Å². The van der Waals surface area contributed by atoms with Gasteiger partial charge < -0.3 is 10.1 Å². The largest absolute Gasteiger partial charge is 0.378 e. The van der Waals surface area contributed by atoms with Crippen LogP contribution in [0.25, 0.3) is 5.69 Å². The molecule has 1 N–H and O–H groups in total. The number of hydrogen-bond acceptors (Lipinski definition) is 3. The maximum Gasteiger partial charge on any atom is 0.0693 e. The second-order valence-electron chi connectivity index (χ2n) is 5.61. The van der Waals surface area contributed by atoms with Crippen LogP contribution in [0.4, 0.5) is 0 Å². The molecule has 0 unspecified atom stereocenters. The Labute approximate surface area is 126 Å². The Morgan fingerprint density at radius 2 is 2.29 bits per heavy atom. The summed E-state index contributed by atoms with van der Waals surface area (Å²) in [5, 5.41) is 7.95. The molecule has 1 aliphatic rings. The average molecular weight is 285 g/mol. The third-order valence-corrected chi connectivity index (χ3v) is 4.10. The fraction of sp³-hybridized carbons (Fsp3) is 0.471. The smallest absolute Gasteiger partial charge is 0.0693 e. The summed E-state index contributed by atoms with van der Waals surface area (Å²) in [7, 11) is 0. The molecule has 3 rings (SSSR count). The molecular weight excluding hydrogens is 262 g/mol. The Kier molecular flexibility index (Phi) is 4.68. The number of nitrogens with zero attached hydrogens (tertiary/aromatic N) is 2. The summed E-state index contributed by atoms with van der Waals surface area (Å²) in [5.41, 5.74) is 2.41. The first kappa shape index (κ1) is 14.3. The minimum atomic E-state index is 0.298. The van der Waals surface area contributed by atoms with Crippen LogP contribution in [0.5, 0.6) is 0 Å². The SMILES string of the molecule is C[C@@H](NCC[C@H]1CCCO1)c1ccccc1-n1cccn1. The van der Waals surface area contributed by atoms with Gasteiger partial charge in [-0.3, -0.25) is 0 Å². The quantitative estimate of drug-likeness (QED) is 0.886. The first-order chi connectivity index (χ1) is 10.3. The van der Waals surface area contributed by atoms with E-state index in [1.54, 1.807) is 0 Å². The van der Waals surface area contributed by atoms with Crippen LogP contribution in [-0.2, 0) is 4.74 Å². The Balaban J connectivity index is 1.62. The van der Waals surface area contributed by atoms with Crippen molar-refractivity contribution in [3.05, 3.63) is 48.3 Å². The topological polar surface area (TPSA) is 39.1 Å². The molecule has 0 saturated carbocycles. The Hall–Kier alpha value is -1.65. The van der Waals surface area contributed by atoms with E-state index < -0.39 is 0 Å². The van der Waals surface area contributed by atoms with E-state index in [2.05, 4.69) is 41.6 Å². The van der Waals surface area contributed by atoms with Gasteiger partial charge in [-0.25, -0.2) is 4.68 Å². The molecule has 1 aliphatic heterocycles. The van der Waals surface area contributed by atoms with Crippen LogP contribution in [0.2, 0.25) is 0 Å². The van der Waals surface area contributed by atoms with Crippen molar-refractivity contribution in [2.45, 2.75) is 38.3 Å². The van der Waals surface area contributed by atoms with Gasteiger partial charge in [0.05, 0.1) is 11.8 Å². The second-order valence-corrected chi connectivity index (χ2v) is 5.61. The van der Waals surface area contributed by atoms with Gasteiger partial charge in [-0.1, -0.05) is 18.2 Å². The number of hydrogen-bond donors (Lipinski definition) is 1. The predicted octanol–water partition coefficient (Wildman–Crippen LogP) is 3.09. The van der Waals surface area contributed by atoms with Gasteiger partial charge in [0.2, 0.25) is 0 Å². The van der Waals surface area contributed by atoms with E-state index in [-0.39, 0.29) is 0 Å². The Morgan fingerprint density at radius 3 is 3.05 bits per heavy atom. The fourth-order valence-electron chi connectivity index (χ4n) is 2.92. The lowest BCUT2D eigenvalue weighted by molar-refractivity contribution is 0.103. The van der Waals surface area contributed by atoms with Gasteiger partial charge in [0.25, 0.3) is 0 Å². The molecule has 0 amide bonds. The summed E-state index contributed by atoms with van der Waals surface area (Å²) in [4.78, 5) is 0. The highest BCUT2D eigenvalue weighted by Gasteiger charge is 2.16. The predicted molar refractivity (Wildman–Crippen MR) is 83.6 cm³/mol. The van der Waals surface area contributed by atoms with Crippen LogP contribution < -0.4 is 5.32 Å². The Bertz CT molecular complexity index is 547. The first-order valence-electron chi connectivity index (χ1n) is 7.78. The van der Waals surface area contributed by atoms with Crippen LogP contribution in [0.15, 0.2) is 42.7 Å². The van der Waals surface area contributed by atoms with Crippen molar-refractivity contribution >= 4 is 0 Å².